The van der Waals surface area contributed by atoms with Crippen LogP contribution < -0.4 is 5.32 Å². The Kier molecular flexibility index (Phi) is 5.32. The van der Waals surface area contributed by atoms with Crippen molar-refractivity contribution in [3.05, 3.63) is 28.7 Å². The average Bonchev–Trinajstić information content (AvgIpc) is 2.26. The Labute approximate surface area is 104 Å². The molecule has 1 unspecified atom stereocenters. The van der Waals surface area contributed by atoms with E-state index in [1.54, 1.807) is 0 Å². The summed E-state index contributed by atoms with van der Waals surface area (Å²) in [6.45, 7) is 4.17. The fourth-order valence-corrected chi connectivity index (χ4v) is 1.75. The van der Waals surface area contributed by atoms with E-state index in [-0.39, 0.29) is 12.0 Å². The van der Waals surface area contributed by atoms with Crippen LogP contribution in [0, 0.1) is 0 Å². The van der Waals surface area contributed by atoms with E-state index in [4.69, 9.17) is 4.74 Å². The van der Waals surface area contributed by atoms with E-state index < -0.39 is 0 Å². The van der Waals surface area contributed by atoms with Crippen LogP contribution in [-0.4, -0.2) is 18.6 Å². The molecule has 1 N–H and O–H groups in total. The number of hydrogen-bond acceptors (Lipinski definition) is 3. The van der Waals surface area contributed by atoms with Gasteiger partial charge in [-0.2, -0.15) is 0 Å². The summed E-state index contributed by atoms with van der Waals surface area (Å²) >= 11 is 3.39. The van der Waals surface area contributed by atoms with E-state index in [2.05, 4.69) is 21.2 Å². The Balaban J connectivity index is 2.66. The molecule has 1 rings (SSSR count). The SMILES string of the molecule is CCOC(=O)C(CC)Nc1cccc(Br)c1. The van der Waals surface area contributed by atoms with Crippen molar-refractivity contribution in [1.29, 1.82) is 0 Å². The first-order valence-electron chi connectivity index (χ1n) is 5.36. The first-order valence-corrected chi connectivity index (χ1v) is 6.15. The zero-order valence-electron chi connectivity index (χ0n) is 9.50. The number of nitrogens with one attached hydrogen (secondary N) is 1. The van der Waals surface area contributed by atoms with Crippen LogP contribution in [0.4, 0.5) is 5.69 Å². The number of hydrogen-bond donors (Lipinski definition) is 1. The van der Waals surface area contributed by atoms with E-state index in [1.165, 1.54) is 0 Å². The average molecular weight is 286 g/mol. The van der Waals surface area contributed by atoms with Gasteiger partial charge in [-0.25, -0.2) is 4.79 Å². The van der Waals surface area contributed by atoms with Crippen molar-refractivity contribution >= 4 is 27.6 Å². The number of carbonyl (C=O) groups is 1. The van der Waals surface area contributed by atoms with Crippen LogP contribution in [0.3, 0.4) is 0 Å². The van der Waals surface area contributed by atoms with Gasteiger partial charge in [0.2, 0.25) is 0 Å². The molecule has 0 aromatic heterocycles. The molecule has 0 heterocycles. The molecule has 0 bridgehead atoms. The zero-order chi connectivity index (χ0) is 12.0. The number of carbonyl (C=O) groups excluding carboxylic acids is 1. The molecular weight excluding hydrogens is 270 g/mol. The lowest BCUT2D eigenvalue weighted by Crippen LogP contribution is -2.30. The van der Waals surface area contributed by atoms with Crippen LogP contribution in [0.2, 0.25) is 0 Å². The summed E-state index contributed by atoms with van der Waals surface area (Å²) in [5.74, 6) is -0.204. The molecule has 0 saturated carbocycles. The quantitative estimate of drug-likeness (QED) is 0.845. The maximum Gasteiger partial charge on any atom is 0.328 e. The third kappa shape index (κ3) is 3.85. The van der Waals surface area contributed by atoms with Crippen LogP contribution in [0.1, 0.15) is 20.3 Å². The number of esters is 1. The monoisotopic (exact) mass is 285 g/mol. The second kappa shape index (κ2) is 6.53. The van der Waals surface area contributed by atoms with Crippen molar-refractivity contribution in [3.63, 3.8) is 0 Å². The van der Waals surface area contributed by atoms with Gasteiger partial charge in [0.25, 0.3) is 0 Å². The van der Waals surface area contributed by atoms with Gasteiger partial charge >= 0.3 is 5.97 Å². The van der Waals surface area contributed by atoms with E-state index in [1.807, 2.05) is 38.1 Å². The molecule has 0 saturated heterocycles. The lowest BCUT2D eigenvalue weighted by Gasteiger charge is -2.16. The van der Waals surface area contributed by atoms with Gasteiger partial charge in [-0.1, -0.05) is 28.9 Å². The van der Waals surface area contributed by atoms with Gasteiger partial charge in [0.1, 0.15) is 6.04 Å². The van der Waals surface area contributed by atoms with Gasteiger partial charge < -0.3 is 10.1 Å². The second-order valence-corrected chi connectivity index (χ2v) is 4.28. The predicted molar refractivity (Wildman–Crippen MR) is 68.5 cm³/mol. The summed E-state index contributed by atoms with van der Waals surface area (Å²) in [5, 5.41) is 3.15. The third-order valence-corrected chi connectivity index (χ3v) is 2.64. The molecule has 0 aliphatic heterocycles. The standard InChI is InChI=1S/C12H16BrNO2/c1-3-11(12(15)16-4-2)14-10-7-5-6-9(13)8-10/h5-8,11,14H,3-4H2,1-2H3. The summed E-state index contributed by atoms with van der Waals surface area (Å²) < 4.78 is 5.97. The molecule has 0 fully saturated rings. The lowest BCUT2D eigenvalue weighted by atomic mass is 10.2. The Morgan fingerprint density at radius 3 is 2.81 bits per heavy atom. The molecule has 0 spiro atoms. The topological polar surface area (TPSA) is 38.3 Å². The molecule has 0 amide bonds. The van der Waals surface area contributed by atoms with Crippen LogP contribution in [-0.2, 0) is 9.53 Å². The molecule has 3 nitrogen and oxygen atoms in total. The third-order valence-electron chi connectivity index (χ3n) is 2.14. The smallest absolute Gasteiger partial charge is 0.328 e. The predicted octanol–water partition coefficient (Wildman–Crippen LogP) is 3.20. The van der Waals surface area contributed by atoms with E-state index in [0.29, 0.717) is 13.0 Å². The number of ether oxygens (including phenoxy) is 1. The molecule has 4 heteroatoms. The number of anilines is 1. The van der Waals surface area contributed by atoms with Crippen molar-refractivity contribution in [1.82, 2.24) is 0 Å². The first-order chi connectivity index (χ1) is 7.67. The molecule has 1 aromatic rings. The Bertz CT molecular complexity index is 355. The van der Waals surface area contributed by atoms with Crippen LogP contribution in [0.15, 0.2) is 28.7 Å². The summed E-state index contributed by atoms with van der Waals surface area (Å²) in [4.78, 5) is 11.6. The normalized spacial score (nSPS) is 11.9. The highest BCUT2D eigenvalue weighted by molar-refractivity contribution is 9.10. The van der Waals surface area contributed by atoms with E-state index in [9.17, 15) is 4.79 Å². The zero-order valence-corrected chi connectivity index (χ0v) is 11.1. The summed E-state index contributed by atoms with van der Waals surface area (Å²) in [5.41, 5.74) is 0.911. The minimum Gasteiger partial charge on any atom is -0.464 e. The largest absolute Gasteiger partial charge is 0.464 e. The minimum atomic E-state index is -0.283. The van der Waals surface area contributed by atoms with Gasteiger partial charge in [-0.05, 0) is 31.5 Å². The number of rotatable bonds is 5. The van der Waals surface area contributed by atoms with Gasteiger partial charge in [-0.3, -0.25) is 0 Å². The first kappa shape index (κ1) is 13.0. The van der Waals surface area contributed by atoms with Crippen molar-refractivity contribution in [2.24, 2.45) is 0 Å². The van der Waals surface area contributed by atoms with Crippen molar-refractivity contribution in [3.8, 4) is 0 Å². The summed E-state index contributed by atoms with van der Waals surface area (Å²) in [6.07, 6.45) is 0.700. The van der Waals surface area contributed by atoms with Crippen LogP contribution in [0.25, 0.3) is 0 Å². The second-order valence-electron chi connectivity index (χ2n) is 3.37. The molecular formula is C12H16BrNO2. The van der Waals surface area contributed by atoms with Gasteiger partial charge in [-0.15, -0.1) is 0 Å². The Morgan fingerprint density at radius 2 is 2.25 bits per heavy atom. The maximum absolute atomic E-state index is 11.6. The summed E-state index contributed by atoms with van der Waals surface area (Å²) in [6, 6.07) is 7.43. The number of benzene rings is 1. The Morgan fingerprint density at radius 1 is 1.50 bits per heavy atom. The van der Waals surface area contributed by atoms with Crippen molar-refractivity contribution < 1.29 is 9.53 Å². The highest BCUT2D eigenvalue weighted by Crippen LogP contribution is 2.17. The molecule has 0 aliphatic carbocycles. The molecule has 0 radical (unpaired) electrons. The molecule has 16 heavy (non-hydrogen) atoms. The fourth-order valence-electron chi connectivity index (χ4n) is 1.35. The van der Waals surface area contributed by atoms with Gasteiger partial charge in [0, 0.05) is 10.2 Å². The van der Waals surface area contributed by atoms with Crippen LogP contribution in [0.5, 0.6) is 0 Å². The number of halogens is 1. The maximum atomic E-state index is 11.6. The highest BCUT2D eigenvalue weighted by atomic mass is 79.9. The minimum absolute atomic E-state index is 0.204. The lowest BCUT2D eigenvalue weighted by molar-refractivity contribution is -0.144. The van der Waals surface area contributed by atoms with Crippen molar-refractivity contribution in [2.45, 2.75) is 26.3 Å². The summed E-state index contributed by atoms with van der Waals surface area (Å²) in [7, 11) is 0. The molecule has 1 atom stereocenters. The fraction of sp³-hybridized carbons (Fsp3) is 0.417. The Hall–Kier alpha value is -1.03. The van der Waals surface area contributed by atoms with E-state index in [0.717, 1.165) is 10.2 Å². The molecule has 0 aliphatic rings. The van der Waals surface area contributed by atoms with E-state index >= 15 is 0 Å². The van der Waals surface area contributed by atoms with Gasteiger partial charge in [0.05, 0.1) is 6.61 Å². The highest BCUT2D eigenvalue weighted by Gasteiger charge is 2.16. The molecule has 88 valence electrons. The van der Waals surface area contributed by atoms with Crippen LogP contribution >= 0.6 is 15.9 Å². The van der Waals surface area contributed by atoms with Crippen molar-refractivity contribution in [2.75, 3.05) is 11.9 Å². The van der Waals surface area contributed by atoms with Gasteiger partial charge in [0.15, 0.2) is 0 Å². The molecule has 1 aromatic carbocycles.